The topological polar surface area (TPSA) is 44.3 Å². The van der Waals surface area contributed by atoms with E-state index >= 15 is 0 Å². The Morgan fingerprint density at radius 1 is 1.29 bits per heavy atom. The van der Waals surface area contributed by atoms with Crippen molar-refractivity contribution < 1.29 is 0 Å². The Labute approximate surface area is 103 Å². The number of hydrogen-bond acceptors (Lipinski definition) is 5. The van der Waals surface area contributed by atoms with Crippen LogP contribution in [0.4, 0.5) is 11.8 Å². The predicted octanol–water partition coefficient (Wildman–Crippen LogP) is 1.05. The molecule has 17 heavy (non-hydrogen) atoms. The summed E-state index contributed by atoms with van der Waals surface area (Å²) in [5.74, 6) is 1.72. The van der Waals surface area contributed by atoms with Crippen molar-refractivity contribution in [3.05, 3.63) is 12.3 Å². The van der Waals surface area contributed by atoms with Crippen LogP contribution in [0.1, 0.15) is 13.3 Å². The summed E-state index contributed by atoms with van der Waals surface area (Å²) >= 11 is 0. The van der Waals surface area contributed by atoms with Crippen LogP contribution in [0.15, 0.2) is 12.3 Å². The standard InChI is InChI=1S/C12H21N5/c1-3-6-16-7-9-17(10-8-16)11-4-5-14-12(13-2)15-11/h4-5H,3,6-10H2,1-2H3,(H,13,14,15). The molecule has 0 unspecified atom stereocenters. The summed E-state index contributed by atoms with van der Waals surface area (Å²) in [5.41, 5.74) is 0. The molecule has 0 spiro atoms. The lowest BCUT2D eigenvalue weighted by molar-refractivity contribution is 0.258. The largest absolute Gasteiger partial charge is 0.357 e. The predicted molar refractivity (Wildman–Crippen MR) is 70.5 cm³/mol. The van der Waals surface area contributed by atoms with E-state index in [2.05, 4.69) is 32.0 Å². The van der Waals surface area contributed by atoms with Gasteiger partial charge in [0.25, 0.3) is 0 Å². The van der Waals surface area contributed by atoms with E-state index < -0.39 is 0 Å². The van der Waals surface area contributed by atoms with Gasteiger partial charge in [0, 0.05) is 39.4 Å². The molecule has 94 valence electrons. The van der Waals surface area contributed by atoms with Crippen LogP contribution in [0.2, 0.25) is 0 Å². The van der Waals surface area contributed by atoms with Gasteiger partial charge in [-0.3, -0.25) is 4.90 Å². The summed E-state index contributed by atoms with van der Waals surface area (Å²) in [6, 6.07) is 1.98. The highest BCUT2D eigenvalue weighted by atomic mass is 15.3. The van der Waals surface area contributed by atoms with E-state index in [0.717, 1.165) is 32.0 Å². The van der Waals surface area contributed by atoms with Crippen LogP contribution in [0.5, 0.6) is 0 Å². The maximum absolute atomic E-state index is 4.47. The molecule has 2 rings (SSSR count). The van der Waals surface area contributed by atoms with Crippen LogP contribution in [0, 0.1) is 0 Å². The Morgan fingerprint density at radius 3 is 2.71 bits per heavy atom. The first-order chi connectivity index (χ1) is 8.33. The maximum atomic E-state index is 4.47. The zero-order chi connectivity index (χ0) is 12.1. The molecule has 0 aromatic carbocycles. The second-order valence-corrected chi connectivity index (χ2v) is 4.32. The van der Waals surface area contributed by atoms with Crippen molar-refractivity contribution in [2.75, 3.05) is 50.0 Å². The monoisotopic (exact) mass is 235 g/mol. The molecular formula is C12H21N5. The lowest BCUT2D eigenvalue weighted by Gasteiger charge is -2.35. The van der Waals surface area contributed by atoms with Crippen molar-refractivity contribution in [2.45, 2.75) is 13.3 Å². The molecule has 1 aromatic heterocycles. The summed E-state index contributed by atoms with van der Waals surface area (Å²) in [7, 11) is 1.85. The summed E-state index contributed by atoms with van der Waals surface area (Å²) in [6.07, 6.45) is 3.05. The molecule has 0 saturated carbocycles. The summed E-state index contributed by atoms with van der Waals surface area (Å²) < 4.78 is 0. The third kappa shape index (κ3) is 3.06. The Hall–Kier alpha value is -1.36. The number of hydrogen-bond donors (Lipinski definition) is 1. The fraction of sp³-hybridized carbons (Fsp3) is 0.667. The van der Waals surface area contributed by atoms with Gasteiger partial charge in [0.1, 0.15) is 5.82 Å². The summed E-state index contributed by atoms with van der Waals surface area (Å²) in [4.78, 5) is 13.4. The van der Waals surface area contributed by atoms with Gasteiger partial charge in [-0.25, -0.2) is 4.98 Å². The van der Waals surface area contributed by atoms with Gasteiger partial charge in [0.15, 0.2) is 0 Å². The SMILES string of the molecule is CCCN1CCN(c2ccnc(NC)n2)CC1. The van der Waals surface area contributed by atoms with E-state index in [1.165, 1.54) is 13.0 Å². The molecule has 1 fully saturated rings. The van der Waals surface area contributed by atoms with Crippen molar-refractivity contribution in [1.82, 2.24) is 14.9 Å². The summed E-state index contributed by atoms with van der Waals surface area (Å²) in [5, 5.41) is 2.98. The molecule has 2 heterocycles. The molecular weight excluding hydrogens is 214 g/mol. The smallest absolute Gasteiger partial charge is 0.224 e. The van der Waals surface area contributed by atoms with Crippen LogP contribution in [-0.4, -0.2) is 54.6 Å². The van der Waals surface area contributed by atoms with Gasteiger partial charge in [0.05, 0.1) is 0 Å². The molecule has 0 radical (unpaired) electrons. The fourth-order valence-electron chi connectivity index (χ4n) is 2.16. The van der Waals surface area contributed by atoms with Crippen molar-refractivity contribution in [3.63, 3.8) is 0 Å². The molecule has 0 amide bonds. The van der Waals surface area contributed by atoms with E-state index in [4.69, 9.17) is 0 Å². The minimum atomic E-state index is 0.693. The molecule has 0 atom stereocenters. The molecule has 5 heteroatoms. The van der Waals surface area contributed by atoms with Crippen molar-refractivity contribution >= 4 is 11.8 Å². The summed E-state index contributed by atoms with van der Waals surface area (Å²) in [6.45, 7) is 7.81. The van der Waals surface area contributed by atoms with E-state index in [9.17, 15) is 0 Å². The van der Waals surface area contributed by atoms with Crippen molar-refractivity contribution in [3.8, 4) is 0 Å². The number of anilines is 2. The molecule has 1 aliphatic rings. The van der Waals surface area contributed by atoms with E-state index in [0.29, 0.717) is 5.95 Å². The number of piperazine rings is 1. The van der Waals surface area contributed by atoms with Crippen LogP contribution >= 0.6 is 0 Å². The fourth-order valence-corrected chi connectivity index (χ4v) is 2.16. The lowest BCUT2D eigenvalue weighted by Crippen LogP contribution is -2.46. The van der Waals surface area contributed by atoms with Gasteiger partial charge in [-0.15, -0.1) is 0 Å². The second kappa shape index (κ2) is 5.82. The number of nitrogens with zero attached hydrogens (tertiary/aromatic N) is 4. The average molecular weight is 235 g/mol. The minimum Gasteiger partial charge on any atom is -0.357 e. The van der Waals surface area contributed by atoms with E-state index in [1.54, 1.807) is 0 Å². The Kier molecular flexibility index (Phi) is 4.14. The number of nitrogens with one attached hydrogen (secondary N) is 1. The second-order valence-electron chi connectivity index (χ2n) is 4.32. The van der Waals surface area contributed by atoms with Crippen LogP contribution in [0.3, 0.4) is 0 Å². The zero-order valence-corrected chi connectivity index (χ0v) is 10.7. The number of rotatable bonds is 4. The number of aromatic nitrogens is 2. The minimum absolute atomic E-state index is 0.693. The average Bonchev–Trinajstić information content (AvgIpc) is 2.40. The maximum Gasteiger partial charge on any atom is 0.224 e. The third-order valence-electron chi connectivity index (χ3n) is 3.10. The molecule has 0 aliphatic carbocycles. The molecule has 1 saturated heterocycles. The van der Waals surface area contributed by atoms with Crippen LogP contribution in [0.25, 0.3) is 0 Å². The van der Waals surface area contributed by atoms with Crippen LogP contribution < -0.4 is 10.2 Å². The highest BCUT2D eigenvalue weighted by Crippen LogP contribution is 2.14. The van der Waals surface area contributed by atoms with Gasteiger partial charge in [0.2, 0.25) is 5.95 Å². The Bertz CT molecular complexity index is 347. The van der Waals surface area contributed by atoms with E-state index in [1.807, 2.05) is 19.3 Å². The first kappa shape index (κ1) is 12.1. The Morgan fingerprint density at radius 2 is 2.06 bits per heavy atom. The third-order valence-corrected chi connectivity index (χ3v) is 3.10. The molecule has 1 aromatic rings. The molecule has 1 N–H and O–H groups in total. The van der Waals surface area contributed by atoms with Gasteiger partial charge in [-0.2, -0.15) is 4.98 Å². The first-order valence-corrected chi connectivity index (χ1v) is 6.31. The zero-order valence-electron chi connectivity index (χ0n) is 10.7. The van der Waals surface area contributed by atoms with Crippen LogP contribution in [-0.2, 0) is 0 Å². The quantitative estimate of drug-likeness (QED) is 0.845. The van der Waals surface area contributed by atoms with Crippen molar-refractivity contribution in [1.29, 1.82) is 0 Å². The van der Waals surface area contributed by atoms with Gasteiger partial charge in [-0.1, -0.05) is 6.92 Å². The lowest BCUT2D eigenvalue weighted by atomic mass is 10.3. The van der Waals surface area contributed by atoms with Gasteiger partial charge >= 0.3 is 0 Å². The first-order valence-electron chi connectivity index (χ1n) is 6.31. The van der Waals surface area contributed by atoms with Crippen molar-refractivity contribution in [2.24, 2.45) is 0 Å². The highest BCUT2D eigenvalue weighted by molar-refractivity contribution is 5.42. The van der Waals surface area contributed by atoms with Gasteiger partial charge < -0.3 is 10.2 Å². The highest BCUT2D eigenvalue weighted by Gasteiger charge is 2.17. The molecule has 1 aliphatic heterocycles. The van der Waals surface area contributed by atoms with Gasteiger partial charge in [-0.05, 0) is 19.0 Å². The molecule has 5 nitrogen and oxygen atoms in total. The Balaban J connectivity index is 1.95. The normalized spacial score (nSPS) is 17.2. The van der Waals surface area contributed by atoms with E-state index in [-0.39, 0.29) is 0 Å². The molecule has 0 bridgehead atoms.